The summed E-state index contributed by atoms with van der Waals surface area (Å²) in [5.74, 6) is -0.218. The van der Waals surface area contributed by atoms with E-state index < -0.39 is 0 Å². The Hall–Kier alpha value is -0.900. The summed E-state index contributed by atoms with van der Waals surface area (Å²) in [5, 5.41) is 0. The molecule has 1 aromatic rings. The van der Waals surface area contributed by atoms with E-state index in [1.165, 1.54) is 31.4 Å². The highest BCUT2D eigenvalue weighted by Gasteiger charge is 2.41. The van der Waals surface area contributed by atoms with E-state index in [0.29, 0.717) is 6.04 Å². The lowest BCUT2D eigenvalue weighted by atomic mass is 9.87. The van der Waals surface area contributed by atoms with Gasteiger partial charge in [-0.15, -0.1) is 0 Å². The van der Waals surface area contributed by atoms with Gasteiger partial charge in [-0.1, -0.05) is 24.3 Å². The van der Waals surface area contributed by atoms with Crippen molar-refractivity contribution in [1.82, 2.24) is 4.90 Å². The Balaban J connectivity index is 1.41. The van der Waals surface area contributed by atoms with Gasteiger partial charge in [0.1, 0.15) is 0 Å². The molecule has 0 unspecified atom stereocenters. The fraction of sp³-hybridized carbons (Fsp3) is 0.647. The first-order chi connectivity index (χ1) is 9.85. The molecule has 0 atom stereocenters. The summed E-state index contributed by atoms with van der Waals surface area (Å²) < 4.78 is 11.7. The molecule has 2 heterocycles. The molecule has 3 nitrogen and oxygen atoms in total. The molecule has 1 spiro atoms. The largest absolute Gasteiger partial charge is 0.348 e. The molecule has 0 radical (unpaired) electrons. The van der Waals surface area contributed by atoms with Crippen LogP contribution in [0.15, 0.2) is 24.3 Å². The van der Waals surface area contributed by atoms with Crippen molar-refractivity contribution in [2.75, 3.05) is 19.8 Å². The quantitative estimate of drug-likeness (QED) is 0.785. The van der Waals surface area contributed by atoms with Gasteiger partial charge in [0, 0.05) is 32.0 Å². The zero-order chi connectivity index (χ0) is 13.4. The van der Waals surface area contributed by atoms with Crippen LogP contribution in [0.4, 0.5) is 0 Å². The Morgan fingerprint density at radius 2 is 1.70 bits per heavy atom. The van der Waals surface area contributed by atoms with Crippen LogP contribution in [0, 0.1) is 0 Å². The van der Waals surface area contributed by atoms with Gasteiger partial charge >= 0.3 is 0 Å². The Kier molecular flexibility index (Phi) is 3.29. The van der Waals surface area contributed by atoms with Crippen LogP contribution in [0.1, 0.15) is 36.8 Å². The molecule has 3 aliphatic rings. The summed E-state index contributed by atoms with van der Waals surface area (Å²) >= 11 is 0. The van der Waals surface area contributed by atoms with Crippen molar-refractivity contribution in [2.24, 2.45) is 0 Å². The van der Waals surface area contributed by atoms with Crippen molar-refractivity contribution in [3.63, 3.8) is 0 Å². The number of rotatable bonds is 1. The Labute approximate surface area is 120 Å². The van der Waals surface area contributed by atoms with Crippen molar-refractivity contribution < 1.29 is 9.47 Å². The highest BCUT2D eigenvalue weighted by atomic mass is 16.7. The number of nitrogens with zero attached hydrogens (tertiary/aromatic N) is 1. The van der Waals surface area contributed by atoms with Crippen LogP contribution in [-0.4, -0.2) is 36.5 Å². The van der Waals surface area contributed by atoms with Gasteiger partial charge in [-0.2, -0.15) is 0 Å². The number of benzene rings is 1. The minimum Gasteiger partial charge on any atom is -0.348 e. The molecular weight excluding hydrogens is 250 g/mol. The van der Waals surface area contributed by atoms with Gasteiger partial charge in [-0.25, -0.2) is 0 Å². The number of fused-ring (bicyclic) bond motifs is 1. The second-order valence-corrected chi connectivity index (χ2v) is 6.33. The van der Waals surface area contributed by atoms with Crippen molar-refractivity contribution in [3.8, 4) is 0 Å². The predicted molar refractivity (Wildman–Crippen MR) is 77.4 cm³/mol. The van der Waals surface area contributed by atoms with E-state index in [4.69, 9.17) is 9.47 Å². The standard InChI is InChI=1S/C17H23NO2/c1-2-4-15-13-18(10-7-14(15)3-1)16-5-8-17(9-6-16)19-11-12-20-17/h1-4,16H,5-13H2. The van der Waals surface area contributed by atoms with E-state index in [9.17, 15) is 0 Å². The lowest BCUT2D eigenvalue weighted by Crippen LogP contribution is -2.45. The second kappa shape index (κ2) is 5.14. The van der Waals surface area contributed by atoms with Crippen LogP contribution in [0.5, 0.6) is 0 Å². The van der Waals surface area contributed by atoms with Crippen molar-refractivity contribution in [1.29, 1.82) is 0 Å². The van der Waals surface area contributed by atoms with Crippen LogP contribution < -0.4 is 0 Å². The van der Waals surface area contributed by atoms with Crippen molar-refractivity contribution >= 4 is 0 Å². The Morgan fingerprint density at radius 1 is 1.00 bits per heavy atom. The zero-order valence-corrected chi connectivity index (χ0v) is 12.0. The van der Waals surface area contributed by atoms with Crippen LogP contribution >= 0.6 is 0 Å². The van der Waals surface area contributed by atoms with E-state index in [0.717, 1.165) is 32.6 Å². The fourth-order valence-electron chi connectivity index (χ4n) is 4.02. The molecular formula is C17H23NO2. The van der Waals surface area contributed by atoms with Crippen molar-refractivity contribution in [3.05, 3.63) is 35.4 Å². The molecule has 1 aliphatic carbocycles. The molecule has 0 aromatic heterocycles. The van der Waals surface area contributed by atoms with E-state index >= 15 is 0 Å². The third-order valence-corrected chi connectivity index (χ3v) is 5.21. The molecule has 108 valence electrons. The first kappa shape index (κ1) is 12.8. The summed E-state index contributed by atoms with van der Waals surface area (Å²) in [5.41, 5.74) is 3.06. The maximum atomic E-state index is 5.83. The lowest BCUT2D eigenvalue weighted by molar-refractivity contribution is -0.184. The van der Waals surface area contributed by atoms with Crippen LogP contribution in [-0.2, 0) is 22.4 Å². The molecule has 2 aliphatic heterocycles. The first-order valence-electron chi connectivity index (χ1n) is 7.93. The number of ether oxygens (including phenoxy) is 2. The lowest BCUT2D eigenvalue weighted by Gasteiger charge is -2.42. The van der Waals surface area contributed by atoms with E-state index in [2.05, 4.69) is 29.2 Å². The van der Waals surface area contributed by atoms with Gasteiger partial charge in [-0.05, 0) is 30.4 Å². The second-order valence-electron chi connectivity index (χ2n) is 6.33. The van der Waals surface area contributed by atoms with E-state index in [1.807, 2.05) is 0 Å². The maximum absolute atomic E-state index is 5.83. The van der Waals surface area contributed by atoms with Crippen LogP contribution in [0.3, 0.4) is 0 Å². The highest BCUT2D eigenvalue weighted by molar-refractivity contribution is 5.29. The van der Waals surface area contributed by atoms with Gasteiger partial charge in [0.2, 0.25) is 0 Å². The zero-order valence-electron chi connectivity index (χ0n) is 12.0. The van der Waals surface area contributed by atoms with Gasteiger partial charge < -0.3 is 9.47 Å². The normalized spacial score (nSPS) is 26.8. The molecule has 20 heavy (non-hydrogen) atoms. The monoisotopic (exact) mass is 273 g/mol. The van der Waals surface area contributed by atoms with Gasteiger partial charge in [0.05, 0.1) is 13.2 Å². The predicted octanol–water partition coefficient (Wildman–Crippen LogP) is 2.73. The van der Waals surface area contributed by atoms with Crippen molar-refractivity contribution in [2.45, 2.75) is 50.5 Å². The Bertz CT molecular complexity index is 472. The van der Waals surface area contributed by atoms with Gasteiger partial charge in [-0.3, -0.25) is 4.90 Å². The van der Waals surface area contributed by atoms with E-state index in [-0.39, 0.29) is 5.79 Å². The summed E-state index contributed by atoms with van der Waals surface area (Å²) in [4.78, 5) is 2.67. The summed E-state index contributed by atoms with van der Waals surface area (Å²) in [6.07, 6.45) is 5.75. The molecule has 4 rings (SSSR count). The van der Waals surface area contributed by atoms with Gasteiger partial charge in [0.15, 0.2) is 5.79 Å². The number of hydrogen-bond acceptors (Lipinski definition) is 3. The van der Waals surface area contributed by atoms with Gasteiger partial charge in [0.25, 0.3) is 0 Å². The third-order valence-electron chi connectivity index (χ3n) is 5.21. The Morgan fingerprint density at radius 3 is 2.45 bits per heavy atom. The average Bonchev–Trinajstić information content (AvgIpc) is 2.96. The summed E-state index contributed by atoms with van der Waals surface area (Å²) in [6, 6.07) is 9.60. The molecule has 1 aromatic carbocycles. The number of hydrogen-bond donors (Lipinski definition) is 0. The highest BCUT2D eigenvalue weighted by Crippen LogP contribution is 2.38. The first-order valence-corrected chi connectivity index (χ1v) is 7.93. The van der Waals surface area contributed by atoms with Crippen LogP contribution in [0.25, 0.3) is 0 Å². The minimum absolute atomic E-state index is 0.218. The SMILES string of the molecule is c1ccc2c(c1)CCN(C1CCC3(CC1)OCCO3)C2. The molecule has 0 amide bonds. The molecule has 1 saturated carbocycles. The molecule has 0 N–H and O–H groups in total. The smallest absolute Gasteiger partial charge is 0.168 e. The molecule has 0 bridgehead atoms. The summed E-state index contributed by atoms with van der Waals surface area (Å²) in [6.45, 7) is 3.88. The third kappa shape index (κ3) is 2.28. The topological polar surface area (TPSA) is 21.7 Å². The summed E-state index contributed by atoms with van der Waals surface area (Å²) in [7, 11) is 0. The molecule has 1 saturated heterocycles. The average molecular weight is 273 g/mol. The maximum Gasteiger partial charge on any atom is 0.168 e. The minimum atomic E-state index is -0.218. The van der Waals surface area contributed by atoms with Crippen LogP contribution in [0.2, 0.25) is 0 Å². The fourth-order valence-corrected chi connectivity index (χ4v) is 4.02. The molecule has 2 fully saturated rings. The molecule has 3 heteroatoms. The van der Waals surface area contributed by atoms with E-state index in [1.54, 1.807) is 5.56 Å².